The van der Waals surface area contributed by atoms with Crippen molar-refractivity contribution in [2.45, 2.75) is 39.0 Å². The molecule has 4 aromatic rings. The van der Waals surface area contributed by atoms with Crippen LogP contribution in [-0.4, -0.2) is 9.38 Å². The van der Waals surface area contributed by atoms with Gasteiger partial charge in [0, 0.05) is 28.6 Å². The van der Waals surface area contributed by atoms with Crippen molar-refractivity contribution in [1.82, 2.24) is 9.38 Å². The summed E-state index contributed by atoms with van der Waals surface area (Å²) in [5, 5.41) is 1.70. The van der Waals surface area contributed by atoms with E-state index in [4.69, 9.17) is 0 Å². The van der Waals surface area contributed by atoms with Gasteiger partial charge in [0.05, 0.1) is 5.52 Å². The number of pyridine rings is 1. The fourth-order valence-corrected chi connectivity index (χ4v) is 3.60. The summed E-state index contributed by atoms with van der Waals surface area (Å²) in [6, 6.07) is 8.86. The maximum Gasteiger partial charge on any atom is 0.167 e. The summed E-state index contributed by atoms with van der Waals surface area (Å²) in [6.45, 7) is 2.19. The van der Waals surface area contributed by atoms with Gasteiger partial charge in [-0.05, 0) is 42.7 Å². The van der Waals surface area contributed by atoms with Crippen LogP contribution < -0.4 is 0 Å². The van der Waals surface area contributed by atoms with E-state index in [0.29, 0.717) is 16.4 Å². The van der Waals surface area contributed by atoms with E-state index >= 15 is 0 Å². The Bertz CT molecular complexity index is 1070. The molecule has 0 spiro atoms. The van der Waals surface area contributed by atoms with Gasteiger partial charge in [0.25, 0.3) is 0 Å². The molecule has 0 saturated heterocycles. The molecule has 4 rings (SSSR count). The third-order valence-corrected chi connectivity index (χ3v) is 4.89. The van der Waals surface area contributed by atoms with Crippen LogP contribution in [0.3, 0.4) is 0 Å². The van der Waals surface area contributed by atoms with Gasteiger partial charge in [0.1, 0.15) is 5.65 Å². The Labute approximate surface area is 145 Å². The Kier molecular flexibility index (Phi) is 4.12. The maximum absolute atomic E-state index is 14.6. The molecule has 0 radical (unpaired) electrons. The molecule has 0 bridgehead atoms. The van der Waals surface area contributed by atoms with Crippen molar-refractivity contribution in [2.75, 3.05) is 0 Å². The second-order valence-electron chi connectivity index (χ2n) is 6.57. The van der Waals surface area contributed by atoms with Crippen molar-refractivity contribution in [2.24, 2.45) is 0 Å². The number of unbranched alkanes of at least 4 members (excludes halogenated alkanes) is 3. The molecule has 2 aromatic carbocycles. The van der Waals surface area contributed by atoms with Crippen LogP contribution in [0.25, 0.3) is 27.3 Å². The molecule has 0 aliphatic carbocycles. The smallest absolute Gasteiger partial charge is 0.167 e. The lowest BCUT2D eigenvalue weighted by molar-refractivity contribution is 0.517. The third kappa shape index (κ3) is 2.66. The lowest BCUT2D eigenvalue weighted by Crippen LogP contribution is -1.96. The summed E-state index contributed by atoms with van der Waals surface area (Å²) in [6.07, 6.45) is 9.24. The molecule has 0 unspecified atom stereocenters. The average molecular weight is 338 g/mol. The van der Waals surface area contributed by atoms with Crippen molar-refractivity contribution < 1.29 is 8.78 Å². The van der Waals surface area contributed by atoms with Crippen molar-refractivity contribution in [3.05, 3.63) is 59.9 Å². The van der Waals surface area contributed by atoms with E-state index in [1.54, 1.807) is 12.3 Å². The number of hydrogen-bond acceptors (Lipinski definition) is 1. The summed E-state index contributed by atoms with van der Waals surface area (Å²) >= 11 is 0. The Hall–Kier alpha value is -2.49. The summed E-state index contributed by atoms with van der Waals surface area (Å²) < 4.78 is 30.5. The highest BCUT2D eigenvalue weighted by Crippen LogP contribution is 2.32. The van der Waals surface area contributed by atoms with Gasteiger partial charge in [-0.1, -0.05) is 32.3 Å². The van der Waals surface area contributed by atoms with Crippen molar-refractivity contribution in [1.29, 1.82) is 0 Å². The van der Waals surface area contributed by atoms with E-state index < -0.39 is 11.6 Å². The number of imidazole rings is 1. The number of aryl methyl sites for hydroxylation is 1. The zero-order chi connectivity index (χ0) is 17.4. The monoisotopic (exact) mass is 338 g/mol. The zero-order valence-corrected chi connectivity index (χ0v) is 14.2. The highest BCUT2D eigenvalue weighted by molar-refractivity contribution is 6.12. The Morgan fingerprint density at radius 1 is 1.00 bits per heavy atom. The van der Waals surface area contributed by atoms with Crippen LogP contribution in [0.1, 0.15) is 38.2 Å². The van der Waals surface area contributed by atoms with E-state index in [1.807, 2.05) is 22.7 Å². The number of nitrogens with zero attached hydrogens (tertiary/aromatic N) is 2. The minimum atomic E-state index is -0.821. The lowest BCUT2D eigenvalue weighted by atomic mass is 10.00. The van der Waals surface area contributed by atoms with E-state index in [0.717, 1.165) is 29.3 Å². The predicted octanol–water partition coefficient (Wildman–Crippen LogP) is 6.04. The van der Waals surface area contributed by atoms with Crippen LogP contribution >= 0.6 is 0 Å². The molecule has 2 heterocycles. The fraction of sp³-hybridized carbons (Fsp3) is 0.286. The number of benzene rings is 2. The molecule has 2 nitrogen and oxygen atoms in total. The Morgan fingerprint density at radius 3 is 2.72 bits per heavy atom. The first-order chi connectivity index (χ1) is 12.2. The molecule has 0 fully saturated rings. The van der Waals surface area contributed by atoms with Gasteiger partial charge in [0.2, 0.25) is 0 Å². The molecule has 0 aliphatic heterocycles. The standard InChI is InChI=1S/C21H20F2N2/c1-2-3-4-5-6-14-7-10-18-16(13-14)19-15(8-9-17(22)20(19)23)21-24-11-12-25(18)21/h7-13H,2-6H2,1H3. The van der Waals surface area contributed by atoms with Crippen LogP contribution in [0, 0.1) is 11.6 Å². The summed E-state index contributed by atoms with van der Waals surface area (Å²) in [5.74, 6) is -1.62. The molecule has 0 amide bonds. The molecule has 0 N–H and O–H groups in total. The first kappa shape index (κ1) is 16.0. The van der Waals surface area contributed by atoms with Gasteiger partial charge in [-0.15, -0.1) is 0 Å². The quantitative estimate of drug-likeness (QED) is 0.320. The van der Waals surface area contributed by atoms with Gasteiger partial charge in [0.15, 0.2) is 11.6 Å². The fourth-order valence-electron chi connectivity index (χ4n) is 3.60. The zero-order valence-electron chi connectivity index (χ0n) is 14.2. The molecule has 128 valence electrons. The number of rotatable bonds is 5. The summed E-state index contributed by atoms with van der Waals surface area (Å²) in [5.41, 5.74) is 2.66. The Morgan fingerprint density at radius 2 is 1.88 bits per heavy atom. The molecule has 0 atom stereocenters. The van der Waals surface area contributed by atoms with E-state index in [9.17, 15) is 8.78 Å². The van der Waals surface area contributed by atoms with Crippen molar-refractivity contribution in [3.8, 4) is 0 Å². The largest absolute Gasteiger partial charge is 0.299 e. The molecule has 0 aliphatic rings. The second-order valence-corrected chi connectivity index (χ2v) is 6.57. The second kappa shape index (κ2) is 6.43. The number of hydrogen-bond donors (Lipinski definition) is 0. The molecule has 0 saturated carbocycles. The van der Waals surface area contributed by atoms with E-state index in [-0.39, 0.29) is 0 Å². The van der Waals surface area contributed by atoms with E-state index in [1.165, 1.54) is 25.3 Å². The maximum atomic E-state index is 14.6. The highest BCUT2D eigenvalue weighted by atomic mass is 19.2. The highest BCUT2D eigenvalue weighted by Gasteiger charge is 2.16. The first-order valence-electron chi connectivity index (χ1n) is 8.86. The summed E-state index contributed by atoms with van der Waals surface area (Å²) in [7, 11) is 0. The van der Waals surface area contributed by atoms with Crippen LogP contribution in [-0.2, 0) is 6.42 Å². The average Bonchev–Trinajstić information content (AvgIpc) is 3.11. The topological polar surface area (TPSA) is 17.3 Å². The van der Waals surface area contributed by atoms with Crippen LogP contribution in [0.15, 0.2) is 42.7 Å². The predicted molar refractivity (Wildman–Crippen MR) is 98.0 cm³/mol. The molecular formula is C21H20F2N2. The van der Waals surface area contributed by atoms with Gasteiger partial charge in [-0.25, -0.2) is 13.8 Å². The normalized spacial score (nSPS) is 11.8. The van der Waals surface area contributed by atoms with Gasteiger partial charge in [-0.3, -0.25) is 4.40 Å². The van der Waals surface area contributed by atoms with E-state index in [2.05, 4.69) is 18.0 Å². The minimum Gasteiger partial charge on any atom is -0.299 e. The first-order valence-corrected chi connectivity index (χ1v) is 8.86. The Balaban J connectivity index is 1.95. The van der Waals surface area contributed by atoms with Crippen molar-refractivity contribution in [3.63, 3.8) is 0 Å². The molecule has 2 aromatic heterocycles. The van der Waals surface area contributed by atoms with Gasteiger partial charge in [-0.2, -0.15) is 0 Å². The van der Waals surface area contributed by atoms with Crippen LogP contribution in [0.5, 0.6) is 0 Å². The minimum absolute atomic E-state index is 0.323. The molecule has 4 heteroatoms. The van der Waals surface area contributed by atoms with Gasteiger partial charge >= 0.3 is 0 Å². The van der Waals surface area contributed by atoms with Crippen LogP contribution in [0.2, 0.25) is 0 Å². The molecular weight excluding hydrogens is 318 g/mol. The number of aromatic nitrogens is 2. The van der Waals surface area contributed by atoms with Gasteiger partial charge < -0.3 is 0 Å². The number of halogens is 2. The summed E-state index contributed by atoms with van der Waals surface area (Å²) in [4.78, 5) is 4.33. The third-order valence-electron chi connectivity index (χ3n) is 4.89. The molecule has 25 heavy (non-hydrogen) atoms. The number of fused-ring (bicyclic) bond motifs is 6. The van der Waals surface area contributed by atoms with Crippen molar-refractivity contribution >= 4 is 27.3 Å². The van der Waals surface area contributed by atoms with Crippen LogP contribution in [0.4, 0.5) is 8.78 Å². The SMILES string of the molecule is CCCCCCc1ccc2c(c1)c1c(F)c(F)ccc1c1nccn21. The lowest BCUT2D eigenvalue weighted by Gasteiger charge is -2.11.